The quantitative estimate of drug-likeness (QED) is 0.614. The van der Waals surface area contributed by atoms with Crippen molar-refractivity contribution in [1.29, 1.82) is 0 Å². The number of hydrogen-bond acceptors (Lipinski definition) is 2. The maximum atomic E-state index is 4.11. The molecule has 0 fully saturated rings. The number of nitrogens with zero attached hydrogens (tertiary/aromatic N) is 1. The van der Waals surface area contributed by atoms with Crippen LogP contribution in [0.2, 0.25) is 0 Å². The molecule has 2 aromatic rings. The lowest BCUT2D eigenvalue weighted by atomic mass is 10.3. The molecule has 0 saturated carbocycles. The number of halogens is 1. The fraction of sp³-hybridized carbons (Fsp3) is 0. The summed E-state index contributed by atoms with van der Waals surface area (Å²) in [5.74, 6) is 0. The molecule has 0 saturated heterocycles. The largest absolute Gasteiger partial charge is 0.248 e. The van der Waals surface area contributed by atoms with E-state index >= 15 is 0 Å². The Hall–Kier alpha value is -0.410. The molecule has 50 valence electrons. The van der Waals surface area contributed by atoms with Gasteiger partial charge in [-0.1, -0.05) is 0 Å². The van der Waals surface area contributed by atoms with E-state index in [9.17, 15) is 0 Å². The van der Waals surface area contributed by atoms with Gasteiger partial charge in [-0.3, -0.25) is 0 Å². The van der Waals surface area contributed by atoms with E-state index in [0.717, 1.165) is 4.60 Å². The zero-order valence-electron chi connectivity index (χ0n) is 5.04. The van der Waals surface area contributed by atoms with E-state index in [0.29, 0.717) is 0 Å². The van der Waals surface area contributed by atoms with Gasteiger partial charge in [-0.15, -0.1) is 11.3 Å². The Bertz CT molecular complexity index is 355. The molecule has 10 heavy (non-hydrogen) atoms. The normalized spacial score (nSPS) is 10.5. The van der Waals surface area contributed by atoms with Gasteiger partial charge in [-0.05, 0) is 38.8 Å². The van der Waals surface area contributed by atoms with Gasteiger partial charge in [0.25, 0.3) is 0 Å². The van der Waals surface area contributed by atoms with Gasteiger partial charge in [0.1, 0.15) is 4.60 Å². The molecule has 0 amide bonds. The molecule has 1 nitrogen and oxygen atoms in total. The summed E-state index contributed by atoms with van der Waals surface area (Å²) in [7, 11) is 0. The Labute approximate surface area is 70.8 Å². The van der Waals surface area contributed by atoms with Crippen LogP contribution in [-0.2, 0) is 0 Å². The van der Waals surface area contributed by atoms with E-state index in [-0.39, 0.29) is 0 Å². The van der Waals surface area contributed by atoms with Crippen LogP contribution in [0.25, 0.3) is 10.1 Å². The number of fused-ring (bicyclic) bond motifs is 1. The Morgan fingerprint density at radius 1 is 1.50 bits per heavy atom. The second-order valence-corrected chi connectivity index (χ2v) is 3.73. The molecule has 2 rings (SSSR count). The molecule has 0 bridgehead atoms. The first-order chi connectivity index (χ1) is 4.86. The van der Waals surface area contributed by atoms with Gasteiger partial charge in [0.15, 0.2) is 0 Å². The van der Waals surface area contributed by atoms with E-state index in [1.54, 1.807) is 11.3 Å². The monoisotopic (exact) mass is 213 g/mol. The van der Waals surface area contributed by atoms with Crippen LogP contribution in [0, 0.1) is 0 Å². The molecule has 0 radical (unpaired) electrons. The van der Waals surface area contributed by atoms with Crippen molar-refractivity contribution in [3.8, 4) is 0 Å². The highest BCUT2D eigenvalue weighted by Gasteiger charge is 1.94. The van der Waals surface area contributed by atoms with Gasteiger partial charge in [0.05, 0.1) is 4.70 Å². The first kappa shape index (κ1) is 6.31. The molecule has 0 aliphatic rings. The molecule has 3 heteroatoms. The number of rotatable bonds is 0. The molecule has 2 aromatic heterocycles. The Morgan fingerprint density at radius 3 is 3.30 bits per heavy atom. The molecular weight excluding hydrogens is 210 g/mol. The lowest BCUT2D eigenvalue weighted by Crippen LogP contribution is -1.70. The topological polar surface area (TPSA) is 12.9 Å². The van der Waals surface area contributed by atoms with Gasteiger partial charge in [-0.25, -0.2) is 4.98 Å². The first-order valence-electron chi connectivity index (χ1n) is 2.85. The average Bonchev–Trinajstić information content (AvgIpc) is 2.33. The maximum Gasteiger partial charge on any atom is 0.106 e. The van der Waals surface area contributed by atoms with E-state index in [2.05, 4.69) is 32.4 Å². The lowest BCUT2D eigenvalue weighted by molar-refractivity contribution is 1.32. The van der Waals surface area contributed by atoms with E-state index in [4.69, 9.17) is 0 Å². The summed E-state index contributed by atoms with van der Waals surface area (Å²) >= 11 is 5.02. The third-order valence-corrected chi connectivity index (χ3v) is 2.61. The van der Waals surface area contributed by atoms with Gasteiger partial charge in [0.2, 0.25) is 0 Å². The first-order valence-corrected chi connectivity index (χ1v) is 4.52. The number of pyridine rings is 1. The Kier molecular flexibility index (Phi) is 1.47. The van der Waals surface area contributed by atoms with Crippen molar-refractivity contribution in [2.45, 2.75) is 0 Å². The highest BCUT2D eigenvalue weighted by atomic mass is 79.9. The summed E-state index contributed by atoms with van der Waals surface area (Å²) in [6, 6.07) is 4.11. The minimum atomic E-state index is 0.901. The van der Waals surface area contributed by atoms with Crippen LogP contribution in [0.4, 0.5) is 0 Å². The summed E-state index contributed by atoms with van der Waals surface area (Å²) in [5.41, 5.74) is 0. The van der Waals surface area contributed by atoms with Crippen LogP contribution in [0.3, 0.4) is 0 Å². The predicted octanol–water partition coefficient (Wildman–Crippen LogP) is 3.06. The van der Waals surface area contributed by atoms with Crippen molar-refractivity contribution in [3.05, 3.63) is 28.3 Å². The number of aromatic nitrogens is 1. The third-order valence-electron chi connectivity index (χ3n) is 1.31. The Balaban J connectivity index is 2.86. The molecule has 0 atom stereocenters. The summed E-state index contributed by atoms with van der Waals surface area (Å²) < 4.78 is 2.14. The molecule has 0 unspecified atom stereocenters. The molecule has 0 spiro atoms. The van der Waals surface area contributed by atoms with Crippen LogP contribution in [0.1, 0.15) is 0 Å². The summed E-state index contributed by atoms with van der Waals surface area (Å²) in [4.78, 5) is 4.11. The molecule has 0 N–H and O–H groups in total. The second-order valence-electron chi connectivity index (χ2n) is 1.97. The lowest BCUT2D eigenvalue weighted by Gasteiger charge is -1.87. The molecule has 2 heterocycles. The van der Waals surface area contributed by atoms with Gasteiger partial charge in [-0.2, -0.15) is 0 Å². The summed E-state index contributed by atoms with van der Waals surface area (Å²) in [5, 5.41) is 3.32. The van der Waals surface area contributed by atoms with Crippen LogP contribution >= 0.6 is 27.3 Å². The van der Waals surface area contributed by atoms with Crippen LogP contribution in [0.15, 0.2) is 28.3 Å². The minimum Gasteiger partial charge on any atom is -0.248 e. The van der Waals surface area contributed by atoms with Gasteiger partial charge < -0.3 is 0 Å². The summed E-state index contributed by atoms with van der Waals surface area (Å²) in [6.45, 7) is 0. The number of hydrogen-bond donors (Lipinski definition) is 0. The van der Waals surface area contributed by atoms with Crippen molar-refractivity contribution >= 4 is 37.4 Å². The van der Waals surface area contributed by atoms with Crippen molar-refractivity contribution < 1.29 is 0 Å². The van der Waals surface area contributed by atoms with Crippen molar-refractivity contribution in [2.75, 3.05) is 0 Å². The van der Waals surface area contributed by atoms with Crippen LogP contribution in [0.5, 0.6) is 0 Å². The second kappa shape index (κ2) is 2.32. The fourth-order valence-electron chi connectivity index (χ4n) is 0.841. The highest BCUT2D eigenvalue weighted by Crippen LogP contribution is 2.21. The minimum absolute atomic E-state index is 0.901. The van der Waals surface area contributed by atoms with E-state index in [1.807, 2.05) is 12.3 Å². The zero-order chi connectivity index (χ0) is 6.97. The summed E-state index contributed by atoms with van der Waals surface area (Å²) in [6.07, 6.45) is 1.88. The molecule has 0 aromatic carbocycles. The predicted molar refractivity (Wildman–Crippen MR) is 47.3 cm³/mol. The van der Waals surface area contributed by atoms with Crippen LogP contribution in [-0.4, -0.2) is 4.98 Å². The molecule has 0 aliphatic carbocycles. The SMILES string of the molecule is Brc1cc2ccsc2cn1. The van der Waals surface area contributed by atoms with E-state index < -0.39 is 0 Å². The van der Waals surface area contributed by atoms with Crippen molar-refractivity contribution in [2.24, 2.45) is 0 Å². The molecular formula is C7H4BrNS. The van der Waals surface area contributed by atoms with Gasteiger partial charge >= 0.3 is 0 Å². The average molecular weight is 214 g/mol. The maximum absolute atomic E-state index is 4.11. The fourth-order valence-corrected chi connectivity index (χ4v) is 1.93. The molecule has 0 aliphatic heterocycles. The highest BCUT2D eigenvalue weighted by molar-refractivity contribution is 9.10. The zero-order valence-corrected chi connectivity index (χ0v) is 7.45. The third kappa shape index (κ3) is 0.954. The van der Waals surface area contributed by atoms with Gasteiger partial charge in [0, 0.05) is 6.20 Å². The van der Waals surface area contributed by atoms with Crippen molar-refractivity contribution in [1.82, 2.24) is 4.98 Å². The van der Waals surface area contributed by atoms with Crippen LogP contribution < -0.4 is 0 Å². The van der Waals surface area contributed by atoms with Crippen molar-refractivity contribution in [3.63, 3.8) is 0 Å². The van der Waals surface area contributed by atoms with E-state index in [1.165, 1.54) is 10.1 Å². The smallest absolute Gasteiger partial charge is 0.106 e. The Morgan fingerprint density at radius 2 is 2.40 bits per heavy atom. The standard InChI is InChI=1S/C7H4BrNS/c8-7-3-5-1-2-10-6(5)4-9-7/h1-4H. The number of thiophene rings is 1.